The van der Waals surface area contributed by atoms with Crippen LogP contribution < -0.4 is 0 Å². The summed E-state index contributed by atoms with van der Waals surface area (Å²) in [5.41, 5.74) is 1.67. The van der Waals surface area contributed by atoms with Crippen LogP contribution in [0.2, 0.25) is 0 Å². The molecule has 3 aliphatic rings. The van der Waals surface area contributed by atoms with Gasteiger partial charge in [-0.25, -0.2) is 0 Å². The van der Waals surface area contributed by atoms with E-state index in [4.69, 9.17) is 4.74 Å². The normalized spacial score (nSPS) is 28.9. The lowest BCUT2D eigenvalue weighted by Crippen LogP contribution is -2.22. The molecule has 0 radical (unpaired) electrons. The quantitative estimate of drug-likeness (QED) is 0.699. The van der Waals surface area contributed by atoms with Gasteiger partial charge in [0.1, 0.15) is 6.10 Å². The highest BCUT2D eigenvalue weighted by Gasteiger charge is 2.48. The molecule has 3 nitrogen and oxygen atoms in total. The van der Waals surface area contributed by atoms with Crippen LogP contribution in [0.3, 0.4) is 0 Å². The molecule has 1 aliphatic heterocycles. The summed E-state index contributed by atoms with van der Waals surface area (Å²) in [5.74, 6) is 0.349. The van der Waals surface area contributed by atoms with Crippen molar-refractivity contribution >= 4 is 11.6 Å². The highest BCUT2D eigenvalue weighted by Crippen LogP contribution is 2.46. The van der Waals surface area contributed by atoms with Gasteiger partial charge in [-0.05, 0) is 19.3 Å². The van der Waals surface area contributed by atoms with Gasteiger partial charge >= 0.3 is 0 Å². The number of ketones is 2. The number of ether oxygens (including phenoxy) is 1. The van der Waals surface area contributed by atoms with Gasteiger partial charge in [-0.3, -0.25) is 9.59 Å². The number of allylic oxidation sites excluding steroid dienone is 1. The molecule has 0 aromatic heterocycles. The minimum absolute atomic E-state index is 0.00500. The number of benzene rings is 1. The number of rotatable bonds is 0. The van der Waals surface area contributed by atoms with Gasteiger partial charge in [-0.2, -0.15) is 0 Å². The fourth-order valence-electron chi connectivity index (χ4n) is 3.37. The third-order valence-corrected chi connectivity index (χ3v) is 4.20. The van der Waals surface area contributed by atoms with Crippen molar-refractivity contribution in [2.45, 2.75) is 25.4 Å². The molecule has 0 spiro atoms. The van der Waals surface area contributed by atoms with Crippen LogP contribution in [-0.2, 0) is 4.74 Å². The second-order valence-electron chi connectivity index (χ2n) is 5.14. The molecule has 2 unspecified atom stereocenters. The van der Waals surface area contributed by atoms with Crippen molar-refractivity contribution in [3.8, 4) is 0 Å². The molecule has 0 bridgehead atoms. The van der Waals surface area contributed by atoms with Gasteiger partial charge in [0, 0.05) is 17.0 Å². The van der Waals surface area contributed by atoms with E-state index in [1.54, 1.807) is 24.3 Å². The SMILES string of the molecule is O=C1C2=C(C(=O)c3ccccc31)C1CCCC1O2. The molecule has 2 atom stereocenters. The molecule has 0 amide bonds. The smallest absolute Gasteiger partial charge is 0.228 e. The molecule has 90 valence electrons. The lowest BCUT2D eigenvalue weighted by Gasteiger charge is -2.16. The summed E-state index contributed by atoms with van der Waals surface area (Å²) in [6, 6.07) is 7.03. The predicted octanol–water partition coefficient (Wildman–Crippen LogP) is 2.52. The van der Waals surface area contributed by atoms with E-state index in [-0.39, 0.29) is 23.6 Å². The van der Waals surface area contributed by atoms with E-state index in [1.165, 1.54) is 0 Å². The van der Waals surface area contributed by atoms with Crippen molar-refractivity contribution in [2.24, 2.45) is 5.92 Å². The summed E-state index contributed by atoms with van der Waals surface area (Å²) in [7, 11) is 0. The number of hydrogen-bond acceptors (Lipinski definition) is 3. The largest absolute Gasteiger partial charge is 0.485 e. The fourth-order valence-corrected chi connectivity index (χ4v) is 3.37. The molecule has 0 N–H and O–H groups in total. The van der Waals surface area contributed by atoms with Crippen LogP contribution in [0.15, 0.2) is 35.6 Å². The third kappa shape index (κ3) is 1.09. The van der Waals surface area contributed by atoms with Crippen molar-refractivity contribution in [3.63, 3.8) is 0 Å². The molecule has 3 heteroatoms. The third-order valence-electron chi connectivity index (χ3n) is 4.20. The standard InChI is InChI=1S/C15H12O3/c16-13-8-4-1-2-5-9(8)14(17)15-12(13)10-6-3-7-11(10)18-15/h1-2,4-5,10-11H,3,6-7H2. The van der Waals surface area contributed by atoms with Crippen molar-refractivity contribution < 1.29 is 14.3 Å². The van der Waals surface area contributed by atoms with Crippen LogP contribution in [-0.4, -0.2) is 17.7 Å². The van der Waals surface area contributed by atoms with E-state index in [0.29, 0.717) is 22.5 Å². The monoisotopic (exact) mass is 240 g/mol. The maximum atomic E-state index is 12.5. The summed E-state index contributed by atoms with van der Waals surface area (Å²) < 4.78 is 5.74. The Balaban J connectivity index is 1.91. The van der Waals surface area contributed by atoms with Gasteiger partial charge in [0.2, 0.25) is 5.78 Å². The van der Waals surface area contributed by atoms with E-state index in [2.05, 4.69) is 0 Å². The van der Waals surface area contributed by atoms with Crippen LogP contribution in [0, 0.1) is 5.92 Å². The van der Waals surface area contributed by atoms with Gasteiger partial charge in [-0.15, -0.1) is 0 Å². The minimum atomic E-state index is -0.116. The van der Waals surface area contributed by atoms with Crippen molar-refractivity contribution in [1.82, 2.24) is 0 Å². The minimum Gasteiger partial charge on any atom is -0.485 e. The highest BCUT2D eigenvalue weighted by atomic mass is 16.5. The first-order valence-corrected chi connectivity index (χ1v) is 6.36. The Hall–Kier alpha value is -1.90. The Bertz CT molecular complexity index is 612. The molecule has 4 rings (SSSR count). The number of hydrogen-bond donors (Lipinski definition) is 0. The first-order chi connectivity index (χ1) is 8.77. The second kappa shape index (κ2) is 3.31. The van der Waals surface area contributed by atoms with Gasteiger partial charge in [0.25, 0.3) is 0 Å². The number of Topliss-reactive ketones (excluding diaryl/α,β-unsaturated/α-hetero) is 2. The first-order valence-electron chi connectivity index (χ1n) is 6.36. The molecule has 18 heavy (non-hydrogen) atoms. The molecule has 2 aliphatic carbocycles. The van der Waals surface area contributed by atoms with Crippen molar-refractivity contribution in [2.75, 3.05) is 0 Å². The lowest BCUT2D eigenvalue weighted by molar-refractivity contribution is 0.0820. The van der Waals surface area contributed by atoms with Crippen LogP contribution >= 0.6 is 0 Å². The second-order valence-corrected chi connectivity index (χ2v) is 5.14. The summed E-state index contributed by atoms with van der Waals surface area (Å²) in [4.78, 5) is 24.8. The molecule has 0 saturated heterocycles. The Labute approximate surface area is 104 Å². The number of fused-ring (bicyclic) bond motifs is 3. The zero-order chi connectivity index (χ0) is 12.3. The van der Waals surface area contributed by atoms with Crippen LogP contribution in [0.1, 0.15) is 40.0 Å². The molecule has 1 fully saturated rings. The van der Waals surface area contributed by atoms with Crippen molar-refractivity contribution in [3.05, 3.63) is 46.7 Å². The maximum absolute atomic E-state index is 12.5. The Morgan fingerprint density at radius 3 is 2.50 bits per heavy atom. The Morgan fingerprint density at radius 2 is 1.72 bits per heavy atom. The fraction of sp³-hybridized carbons (Fsp3) is 0.333. The molecule has 1 aromatic rings. The Kier molecular flexibility index (Phi) is 1.85. The number of carbonyl (C=O) groups excluding carboxylic acids is 2. The van der Waals surface area contributed by atoms with Gasteiger partial charge in [0.15, 0.2) is 11.5 Å². The van der Waals surface area contributed by atoms with Crippen LogP contribution in [0.25, 0.3) is 0 Å². The lowest BCUT2D eigenvalue weighted by atomic mass is 9.83. The highest BCUT2D eigenvalue weighted by molar-refractivity contribution is 6.26. The van der Waals surface area contributed by atoms with E-state index in [9.17, 15) is 9.59 Å². The zero-order valence-corrected chi connectivity index (χ0v) is 9.81. The molecule has 1 heterocycles. The maximum Gasteiger partial charge on any atom is 0.228 e. The molecular formula is C15H12O3. The summed E-state index contributed by atoms with van der Waals surface area (Å²) >= 11 is 0. The molecule has 1 saturated carbocycles. The van der Waals surface area contributed by atoms with Gasteiger partial charge in [0.05, 0.1) is 5.57 Å². The average Bonchev–Trinajstić information content (AvgIpc) is 2.96. The average molecular weight is 240 g/mol. The zero-order valence-electron chi connectivity index (χ0n) is 9.81. The number of carbonyl (C=O) groups is 2. The summed E-state index contributed by atoms with van der Waals surface area (Å²) in [6.45, 7) is 0. The van der Waals surface area contributed by atoms with Gasteiger partial charge in [-0.1, -0.05) is 24.3 Å². The molecular weight excluding hydrogens is 228 g/mol. The van der Waals surface area contributed by atoms with E-state index in [0.717, 1.165) is 19.3 Å². The van der Waals surface area contributed by atoms with Gasteiger partial charge < -0.3 is 4.74 Å². The summed E-state index contributed by atoms with van der Waals surface area (Å²) in [5, 5.41) is 0. The topological polar surface area (TPSA) is 43.4 Å². The van der Waals surface area contributed by atoms with E-state index in [1.807, 2.05) is 0 Å². The first kappa shape index (κ1) is 10.1. The van der Waals surface area contributed by atoms with E-state index >= 15 is 0 Å². The van der Waals surface area contributed by atoms with E-state index < -0.39 is 0 Å². The Morgan fingerprint density at radius 1 is 1.00 bits per heavy atom. The summed E-state index contributed by atoms with van der Waals surface area (Å²) in [6.07, 6.45) is 3.05. The molecule has 1 aromatic carbocycles. The van der Waals surface area contributed by atoms with Crippen molar-refractivity contribution in [1.29, 1.82) is 0 Å². The van der Waals surface area contributed by atoms with Crippen LogP contribution in [0.4, 0.5) is 0 Å². The predicted molar refractivity (Wildman–Crippen MR) is 64.3 cm³/mol. The van der Waals surface area contributed by atoms with Crippen LogP contribution in [0.5, 0.6) is 0 Å².